The van der Waals surface area contributed by atoms with Gasteiger partial charge in [-0.1, -0.05) is 0 Å². The molecular weight excluding hydrogens is 328 g/mol. The monoisotopic (exact) mass is 352 g/mol. The molecule has 1 aromatic rings. The predicted octanol–water partition coefficient (Wildman–Crippen LogP) is 1.63. The van der Waals surface area contributed by atoms with Crippen molar-refractivity contribution < 1.29 is 28.6 Å². The summed E-state index contributed by atoms with van der Waals surface area (Å²) in [6.07, 6.45) is -2.06. The lowest BCUT2D eigenvalue weighted by Gasteiger charge is -2.18. The van der Waals surface area contributed by atoms with Crippen LogP contribution < -0.4 is 20.1 Å². The van der Waals surface area contributed by atoms with Gasteiger partial charge in [-0.05, 0) is 52.0 Å². The van der Waals surface area contributed by atoms with E-state index in [1.54, 1.807) is 45.2 Å². The SMILES string of the molecule is COc1ccc(OC(C)C(=O)OC(C)C(=O)NC(=O)NC(C)C)cc1. The zero-order chi connectivity index (χ0) is 19.0. The van der Waals surface area contributed by atoms with E-state index in [-0.39, 0.29) is 6.04 Å². The summed E-state index contributed by atoms with van der Waals surface area (Å²) in [6, 6.07) is 5.91. The van der Waals surface area contributed by atoms with Crippen LogP contribution in [0.3, 0.4) is 0 Å². The van der Waals surface area contributed by atoms with E-state index in [0.717, 1.165) is 0 Å². The molecule has 0 aliphatic rings. The van der Waals surface area contributed by atoms with Gasteiger partial charge in [-0.15, -0.1) is 0 Å². The maximum absolute atomic E-state index is 12.0. The Kier molecular flexibility index (Phi) is 7.71. The molecule has 0 aliphatic carbocycles. The van der Waals surface area contributed by atoms with Crippen LogP contribution in [0.4, 0.5) is 4.79 Å². The first kappa shape index (κ1) is 20.3. The minimum atomic E-state index is -1.13. The Hall–Kier alpha value is -2.77. The molecule has 0 heterocycles. The average Bonchev–Trinajstić information content (AvgIpc) is 2.54. The van der Waals surface area contributed by atoms with E-state index in [1.807, 2.05) is 0 Å². The summed E-state index contributed by atoms with van der Waals surface area (Å²) in [4.78, 5) is 35.3. The van der Waals surface area contributed by atoms with Crippen molar-refractivity contribution in [3.63, 3.8) is 0 Å². The van der Waals surface area contributed by atoms with Crippen molar-refractivity contribution in [2.24, 2.45) is 0 Å². The lowest BCUT2D eigenvalue weighted by molar-refractivity contribution is -0.160. The second-order valence-electron chi connectivity index (χ2n) is 5.63. The largest absolute Gasteiger partial charge is 0.497 e. The molecule has 2 atom stereocenters. The normalized spacial score (nSPS) is 12.7. The van der Waals surface area contributed by atoms with Crippen LogP contribution in [0.15, 0.2) is 24.3 Å². The van der Waals surface area contributed by atoms with Crippen LogP contribution in [0.1, 0.15) is 27.7 Å². The Morgan fingerprint density at radius 1 is 0.920 bits per heavy atom. The molecule has 0 aromatic heterocycles. The first-order valence-electron chi connectivity index (χ1n) is 7.85. The number of hydrogen-bond acceptors (Lipinski definition) is 6. The number of esters is 1. The molecule has 2 N–H and O–H groups in total. The lowest BCUT2D eigenvalue weighted by atomic mass is 10.3. The third-order valence-electron chi connectivity index (χ3n) is 3.02. The quantitative estimate of drug-likeness (QED) is 0.723. The molecule has 0 fully saturated rings. The first-order valence-corrected chi connectivity index (χ1v) is 7.85. The first-order chi connectivity index (χ1) is 11.7. The molecule has 2 unspecified atom stereocenters. The van der Waals surface area contributed by atoms with E-state index in [4.69, 9.17) is 14.2 Å². The van der Waals surface area contributed by atoms with Gasteiger partial charge in [0.25, 0.3) is 5.91 Å². The number of hydrogen-bond donors (Lipinski definition) is 2. The number of urea groups is 1. The van der Waals surface area contributed by atoms with Gasteiger partial charge in [-0.25, -0.2) is 9.59 Å². The second kappa shape index (κ2) is 9.51. The number of methoxy groups -OCH3 is 1. The molecule has 1 aromatic carbocycles. The minimum Gasteiger partial charge on any atom is -0.497 e. The molecule has 0 radical (unpaired) electrons. The van der Waals surface area contributed by atoms with Crippen LogP contribution in [0, 0.1) is 0 Å². The van der Waals surface area contributed by atoms with Gasteiger partial charge in [-0.3, -0.25) is 10.1 Å². The fraction of sp³-hybridized carbons (Fsp3) is 0.471. The van der Waals surface area contributed by atoms with Crippen molar-refractivity contribution in [2.75, 3.05) is 7.11 Å². The fourth-order valence-corrected chi connectivity index (χ4v) is 1.74. The maximum Gasteiger partial charge on any atom is 0.347 e. The van der Waals surface area contributed by atoms with Crippen LogP contribution in [0.5, 0.6) is 11.5 Å². The Morgan fingerprint density at radius 3 is 2.00 bits per heavy atom. The van der Waals surface area contributed by atoms with E-state index in [0.29, 0.717) is 11.5 Å². The average molecular weight is 352 g/mol. The third-order valence-corrected chi connectivity index (χ3v) is 3.02. The predicted molar refractivity (Wildman–Crippen MR) is 90.4 cm³/mol. The van der Waals surface area contributed by atoms with Crippen molar-refractivity contribution in [1.29, 1.82) is 0 Å². The zero-order valence-electron chi connectivity index (χ0n) is 15.0. The molecule has 1 rings (SSSR count). The summed E-state index contributed by atoms with van der Waals surface area (Å²) >= 11 is 0. The number of carbonyl (C=O) groups is 3. The summed E-state index contributed by atoms with van der Waals surface area (Å²) in [7, 11) is 1.55. The number of carbonyl (C=O) groups excluding carboxylic acids is 3. The molecule has 0 saturated carbocycles. The number of imide groups is 1. The molecule has 0 spiro atoms. The molecular formula is C17H24N2O6. The lowest BCUT2D eigenvalue weighted by Crippen LogP contribution is -2.47. The third kappa shape index (κ3) is 7.11. The Morgan fingerprint density at radius 2 is 1.48 bits per heavy atom. The number of nitrogens with one attached hydrogen (secondary N) is 2. The fourth-order valence-electron chi connectivity index (χ4n) is 1.74. The number of benzene rings is 1. The van der Waals surface area contributed by atoms with Gasteiger partial charge in [0.1, 0.15) is 11.5 Å². The van der Waals surface area contributed by atoms with Crippen molar-refractivity contribution in [2.45, 2.75) is 45.9 Å². The Bertz CT molecular complexity index is 600. The van der Waals surface area contributed by atoms with Crippen LogP contribution >= 0.6 is 0 Å². The van der Waals surface area contributed by atoms with Gasteiger partial charge in [0.2, 0.25) is 0 Å². The Labute approximate surface area is 146 Å². The van der Waals surface area contributed by atoms with Gasteiger partial charge in [0.05, 0.1) is 7.11 Å². The van der Waals surface area contributed by atoms with Crippen LogP contribution in [-0.4, -0.2) is 43.3 Å². The molecule has 8 heteroatoms. The van der Waals surface area contributed by atoms with Crippen LogP contribution in [-0.2, 0) is 14.3 Å². The van der Waals surface area contributed by atoms with Crippen molar-refractivity contribution in [3.8, 4) is 11.5 Å². The van der Waals surface area contributed by atoms with Gasteiger partial charge in [0, 0.05) is 6.04 Å². The van der Waals surface area contributed by atoms with E-state index < -0.39 is 30.1 Å². The molecule has 8 nitrogen and oxygen atoms in total. The second-order valence-corrected chi connectivity index (χ2v) is 5.63. The summed E-state index contributed by atoms with van der Waals surface area (Å²) in [5.74, 6) is -0.322. The molecule has 138 valence electrons. The maximum atomic E-state index is 12.0. The van der Waals surface area contributed by atoms with Gasteiger partial charge in [0.15, 0.2) is 12.2 Å². The zero-order valence-corrected chi connectivity index (χ0v) is 15.0. The highest BCUT2D eigenvalue weighted by atomic mass is 16.6. The summed E-state index contributed by atoms with van der Waals surface area (Å²) in [5.41, 5.74) is 0. The smallest absolute Gasteiger partial charge is 0.347 e. The highest BCUT2D eigenvalue weighted by Crippen LogP contribution is 2.18. The summed E-state index contributed by atoms with van der Waals surface area (Å²) in [6.45, 7) is 6.38. The summed E-state index contributed by atoms with van der Waals surface area (Å²) in [5, 5.41) is 4.60. The van der Waals surface area contributed by atoms with E-state index >= 15 is 0 Å². The number of amides is 3. The summed E-state index contributed by atoms with van der Waals surface area (Å²) < 4.78 is 15.5. The van der Waals surface area contributed by atoms with Crippen molar-refractivity contribution >= 4 is 17.9 Å². The minimum absolute atomic E-state index is 0.122. The standard InChI is InChI=1S/C17H24N2O6/c1-10(2)18-17(22)19-15(20)11(3)25-16(21)12(4)24-14-8-6-13(23-5)7-9-14/h6-12H,1-5H3,(H2,18,19,20,22). The molecule has 3 amide bonds. The Balaban J connectivity index is 2.49. The van der Waals surface area contributed by atoms with Gasteiger partial charge < -0.3 is 19.5 Å². The van der Waals surface area contributed by atoms with Crippen molar-refractivity contribution in [3.05, 3.63) is 24.3 Å². The topological polar surface area (TPSA) is 103 Å². The molecule has 25 heavy (non-hydrogen) atoms. The van der Waals surface area contributed by atoms with Crippen LogP contribution in [0.25, 0.3) is 0 Å². The highest BCUT2D eigenvalue weighted by molar-refractivity contribution is 5.97. The molecule has 0 saturated heterocycles. The van der Waals surface area contributed by atoms with Gasteiger partial charge in [-0.2, -0.15) is 0 Å². The highest BCUT2D eigenvalue weighted by Gasteiger charge is 2.24. The molecule has 0 bridgehead atoms. The van der Waals surface area contributed by atoms with Crippen LogP contribution in [0.2, 0.25) is 0 Å². The number of ether oxygens (including phenoxy) is 3. The molecule has 0 aliphatic heterocycles. The van der Waals surface area contributed by atoms with E-state index in [1.165, 1.54) is 13.8 Å². The van der Waals surface area contributed by atoms with Gasteiger partial charge >= 0.3 is 12.0 Å². The van der Waals surface area contributed by atoms with E-state index in [2.05, 4.69) is 10.6 Å². The number of rotatable bonds is 7. The van der Waals surface area contributed by atoms with Crippen molar-refractivity contribution in [1.82, 2.24) is 10.6 Å². The van der Waals surface area contributed by atoms with E-state index in [9.17, 15) is 14.4 Å².